The maximum atomic E-state index is 10.1. The highest BCUT2D eigenvalue weighted by atomic mass is 16.7. The van der Waals surface area contributed by atoms with Crippen molar-refractivity contribution in [3.63, 3.8) is 0 Å². The van der Waals surface area contributed by atoms with Crippen LogP contribution in [0.25, 0.3) is 0 Å². The number of para-hydroxylation sites is 1. The SMILES string of the molecule is C/C=C1\N(CC)c2ccc(O)cc2C1(C)Cc1cccc2c1OCO2. The lowest BCUT2D eigenvalue weighted by Crippen LogP contribution is -2.30. The Hall–Kier alpha value is -2.62. The Labute approximate surface area is 148 Å². The van der Waals surface area contributed by atoms with E-state index in [4.69, 9.17) is 9.47 Å². The smallest absolute Gasteiger partial charge is 0.231 e. The van der Waals surface area contributed by atoms with E-state index in [1.807, 2.05) is 24.3 Å². The molecule has 130 valence electrons. The number of rotatable bonds is 3. The van der Waals surface area contributed by atoms with Gasteiger partial charge >= 0.3 is 0 Å². The van der Waals surface area contributed by atoms with Crippen LogP contribution in [0.4, 0.5) is 5.69 Å². The molecule has 2 aromatic rings. The molecule has 0 saturated carbocycles. The Bertz CT molecular complexity index is 858. The van der Waals surface area contributed by atoms with Crippen molar-refractivity contribution >= 4 is 5.69 Å². The maximum Gasteiger partial charge on any atom is 0.231 e. The number of fused-ring (bicyclic) bond motifs is 2. The van der Waals surface area contributed by atoms with Crippen LogP contribution in [0.3, 0.4) is 0 Å². The fraction of sp³-hybridized carbons (Fsp3) is 0.333. The minimum absolute atomic E-state index is 0.236. The molecule has 2 aromatic carbocycles. The van der Waals surface area contributed by atoms with E-state index in [1.54, 1.807) is 6.07 Å². The van der Waals surface area contributed by atoms with Crippen molar-refractivity contribution in [2.24, 2.45) is 0 Å². The first-order valence-corrected chi connectivity index (χ1v) is 8.73. The number of hydrogen-bond acceptors (Lipinski definition) is 4. The van der Waals surface area contributed by atoms with Gasteiger partial charge in [0.25, 0.3) is 0 Å². The van der Waals surface area contributed by atoms with Gasteiger partial charge in [0.2, 0.25) is 6.79 Å². The first kappa shape index (κ1) is 15.9. The minimum atomic E-state index is -0.236. The number of likely N-dealkylation sites (N-methyl/N-ethyl adjacent to an activating group) is 1. The quantitative estimate of drug-likeness (QED) is 0.903. The summed E-state index contributed by atoms with van der Waals surface area (Å²) in [5, 5.41) is 10.1. The summed E-state index contributed by atoms with van der Waals surface area (Å²) < 4.78 is 11.2. The Morgan fingerprint density at radius 1 is 1.24 bits per heavy atom. The van der Waals surface area contributed by atoms with Crippen LogP contribution in [-0.2, 0) is 11.8 Å². The van der Waals surface area contributed by atoms with Gasteiger partial charge in [-0.2, -0.15) is 0 Å². The average Bonchev–Trinajstić information content (AvgIpc) is 3.17. The van der Waals surface area contributed by atoms with E-state index in [2.05, 4.69) is 37.8 Å². The first-order valence-electron chi connectivity index (χ1n) is 8.73. The monoisotopic (exact) mass is 337 g/mol. The second-order valence-electron chi connectivity index (χ2n) is 6.78. The van der Waals surface area contributed by atoms with E-state index < -0.39 is 0 Å². The van der Waals surface area contributed by atoms with Crippen LogP contribution in [0.1, 0.15) is 31.9 Å². The molecule has 2 heterocycles. The summed E-state index contributed by atoms with van der Waals surface area (Å²) in [6.45, 7) is 7.64. The number of allylic oxidation sites excluding steroid dienone is 2. The van der Waals surface area contributed by atoms with Crippen molar-refractivity contribution in [2.75, 3.05) is 18.2 Å². The number of benzene rings is 2. The summed E-state index contributed by atoms with van der Waals surface area (Å²) in [6.07, 6.45) is 2.97. The second-order valence-corrected chi connectivity index (χ2v) is 6.78. The number of anilines is 1. The zero-order chi connectivity index (χ0) is 17.6. The highest BCUT2D eigenvalue weighted by molar-refractivity contribution is 5.72. The first-order chi connectivity index (χ1) is 12.1. The molecule has 25 heavy (non-hydrogen) atoms. The number of nitrogens with zero attached hydrogens (tertiary/aromatic N) is 1. The van der Waals surface area contributed by atoms with Crippen LogP contribution in [0.5, 0.6) is 17.2 Å². The Morgan fingerprint density at radius 2 is 2.08 bits per heavy atom. The lowest BCUT2D eigenvalue weighted by Gasteiger charge is -2.30. The van der Waals surface area contributed by atoms with E-state index in [9.17, 15) is 5.11 Å². The number of ether oxygens (including phenoxy) is 2. The van der Waals surface area contributed by atoms with Gasteiger partial charge in [-0.15, -0.1) is 0 Å². The van der Waals surface area contributed by atoms with Crippen molar-refractivity contribution in [3.8, 4) is 17.2 Å². The summed E-state index contributed by atoms with van der Waals surface area (Å²) >= 11 is 0. The van der Waals surface area contributed by atoms with Crippen LogP contribution < -0.4 is 14.4 Å². The maximum absolute atomic E-state index is 10.1. The highest BCUT2D eigenvalue weighted by Gasteiger charge is 2.43. The molecule has 4 rings (SSSR count). The van der Waals surface area contributed by atoms with Crippen molar-refractivity contribution in [1.29, 1.82) is 0 Å². The summed E-state index contributed by atoms with van der Waals surface area (Å²) in [6, 6.07) is 11.7. The highest BCUT2D eigenvalue weighted by Crippen LogP contribution is 2.52. The van der Waals surface area contributed by atoms with Gasteiger partial charge in [-0.05, 0) is 62.6 Å². The van der Waals surface area contributed by atoms with E-state index in [0.717, 1.165) is 35.6 Å². The van der Waals surface area contributed by atoms with Gasteiger partial charge in [-0.25, -0.2) is 0 Å². The molecule has 1 unspecified atom stereocenters. The van der Waals surface area contributed by atoms with Crippen LogP contribution >= 0.6 is 0 Å². The van der Waals surface area contributed by atoms with E-state index in [0.29, 0.717) is 5.75 Å². The molecule has 0 fully saturated rings. The van der Waals surface area contributed by atoms with E-state index >= 15 is 0 Å². The average molecular weight is 337 g/mol. The van der Waals surface area contributed by atoms with Gasteiger partial charge in [-0.1, -0.05) is 18.2 Å². The topological polar surface area (TPSA) is 41.9 Å². The Kier molecular flexibility index (Phi) is 3.64. The zero-order valence-corrected chi connectivity index (χ0v) is 14.9. The Balaban J connectivity index is 1.85. The van der Waals surface area contributed by atoms with Crippen molar-refractivity contribution in [1.82, 2.24) is 0 Å². The summed E-state index contributed by atoms with van der Waals surface area (Å²) in [4.78, 5) is 2.33. The Morgan fingerprint density at radius 3 is 2.84 bits per heavy atom. The standard InChI is InChI=1S/C21H23NO3/c1-4-19-21(3,12-14-7-6-8-18-20(14)25-13-24-18)16-11-15(23)9-10-17(16)22(19)5-2/h4,6-11,23H,5,12-13H2,1-3H3/b19-4-. The largest absolute Gasteiger partial charge is 0.508 e. The molecule has 0 radical (unpaired) electrons. The minimum Gasteiger partial charge on any atom is -0.508 e. The van der Waals surface area contributed by atoms with Crippen molar-refractivity contribution in [2.45, 2.75) is 32.6 Å². The predicted molar refractivity (Wildman–Crippen MR) is 98.5 cm³/mol. The molecule has 1 N–H and O–H groups in total. The summed E-state index contributed by atoms with van der Waals surface area (Å²) in [5.41, 5.74) is 4.47. The zero-order valence-electron chi connectivity index (χ0n) is 14.9. The molecule has 0 spiro atoms. The molecule has 0 aliphatic carbocycles. The lowest BCUT2D eigenvalue weighted by molar-refractivity contribution is 0.173. The molecule has 0 aromatic heterocycles. The number of aromatic hydroxyl groups is 1. The second kappa shape index (κ2) is 5.73. The van der Waals surface area contributed by atoms with Gasteiger partial charge in [0.05, 0.1) is 0 Å². The summed E-state index contributed by atoms with van der Waals surface area (Å²) in [7, 11) is 0. The number of phenols is 1. The van der Waals surface area contributed by atoms with E-state index in [-0.39, 0.29) is 12.2 Å². The van der Waals surface area contributed by atoms with Crippen LogP contribution in [0.2, 0.25) is 0 Å². The predicted octanol–water partition coefficient (Wildman–Crippen LogP) is 4.37. The fourth-order valence-corrected chi connectivity index (χ4v) is 4.28. The molecular formula is C21H23NO3. The normalized spacial score (nSPS) is 22.5. The van der Waals surface area contributed by atoms with Gasteiger partial charge in [-0.3, -0.25) is 0 Å². The fourth-order valence-electron chi connectivity index (χ4n) is 4.28. The lowest BCUT2D eigenvalue weighted by atomic mass is 9.76. The van der Waals surface area contributed by atoms with Crippen LogP contribution in [0.15, 0.2) is 48.2 Å². The van der Waals surface area contributed by atoms with Gasteiger partial charge in [0.1, 0.15) is 5.75 Å². The third kappa shape index (κ3) is 2.28. The van der Waals surface area contributed by atoms with Crippen molar-refractivity contribution < 1.29 is 14.6 Å². The van der Waals surface area contributed by atoms with Crippen molar-refractivity contribution in [3.05, 3.63) is 59.3 Å². The molecular weight excluding hydrogens is 314 g/mol. The van der Waals surface area contributed by atoms with E-state index in [1.165, 1.54) is 11.4 Å². The molecule has 1 atom stereocenters. The number of phenolic OH excluding ortho intramolecular Hbond substituents is 1. The summed E-state index contributed by atoms with van der Waals surface area (Å²) in [5.74, 6) is 1.96. The molecule has 4 nitrogen and oxygen atoms in total. The van der Waals surface area contributed by atoms with Gasteiger partial charge < -0.3 is 19.5 Å². The molecule has 0 bridgehead atoms. The number of hydrogen-bond donors (Lipinski definition) is 1. The molecule has 2 aliphatic rings. The molecule has 0 amide bonds. The van der Waals surface area contributed by atoms with Gasteiger partial charge in [0, 0.05) is 23.3 Å². The third-order valence-corrected chi connectivity index (χ3v) is 5.33. The van der Waals surface area contributed by atoms with Gasteiger partial charge in [0.15, 0.2) is 11.5 Å². The van der Waals surface area contributed by atoms with Crippen LogP contribution in [-0.4, -0.2) is 18.4 Å². The molecule has 0 saturated heterocycles. The molecule has 2 aliphatic heterocycles. The third-order valence-electron chi connectivity index (χ3n) is 5.33. The molecule has 4 heteroatoms. The van der Waals surface area contributed by atoms with Crippen LogP contribution in [0, 0.1) is 0 Å².